The molecule has 0 atom stereocenters. The first kappa shape index (κ1) is 20.7. The number of carbonyl (C=O) groups excluding carboxylic acids is 2. The summed E-state index contributed by atoms with van der Waals surface area (Å²) in [5, 5.41) is 3.37. The largest absolute Gasteiger partial charge is 0.493 e. The van der Waals surface area contributed by atoms with Crippen molar-refractivity contribution in [1.29, 1.82) is 0 Å². The van der Waals surface area contributed by atoms with Crippen molar-refractivity contribution < 1.29 is 23.8 Å². The first-order valence-electron chi connectivity index (χ1n) is 8.63. The van der Waals surface area contributed by atoms with E-state index >= 15 is 0 Å². The van der Waals surface area contributed by atoms with Crippen LogP contribution in [-0.2, 0) is 9.53 Å². The summed E-state index contributed by atoms with van der Waals surface area (Å²) in [6.07, 6.45) is 1.88. The van der Waals surface area contributed by atoms with Gasteiger partial charge in [0.2, 0.25) is 0 Å². The molecule has 2 rings (SSSR count). The molecule has 0 unspecified atom stereocenters. The minimum absolute atomic E-state index is 0.300. The third-order valence-corrected chi connectivity index (χ3v) is 4.99. The van der Waals surface area contributed by atoms with E-state index in [-0.39, 0.29) is 12.5 Å². The van der Waals surface area contributed by atoms with Gasteiger partial charge in [-0.2, -0.15) is 0 Å². The van der Waals surface area contributed by atoms with Gasteiger partial charge in [-0.3, -0.25) is 4.79 Å². The topological polar surface area (TPSA) is 86.8 Å². The minimum Gasteiger partial charge on any atom is -0.493 e. The molecule has 0 saturated carbocycles. The van der Waals surface area contributed by atoms with Gasteiger partial charge in [0, 0.05) is 12.1 Å². The summed E-state index contributed by atoms with van der Waals surface area (Å²) in [5.41, 5.74) is 1.36. The molecule has 2 aromatic rings. The van der Waals surface area contributed by atoms with Crippen LogP contribution in [0.25, 0.3) is 10.6 Å². The number of ether oxygens (including phenoxy) is 3. The van der Waals surface area contributed by atoms with Gasteiger partial charge < -0.3 is 19.5 Å². The van der Waals surface area contributed by atoms with E-state index in [9.17, 15) is 9.59 Å². The van der Waals surface area contributed by atoms with E-state index in [1.165, 1.54) is 11.3 Å². The van der Waals surface area contributed by atoms with E-state index in [0.29, 0.717) is 33.6 Å². The number of hydrogen-bond acceptors (Lipinski definition) is 7. The lowest BCUT2D eigenvalue weighted by Crippen LogP contribution is -2.29. The molecule has 1 aromatic heterocycles. The number of aryl methyl sites for hydroxylation is 1. The van der Waals surface area contributed by atoms with Crippen LogP contribution in [0.3, 0.4) is 0 Å². The zero-order valence-corrected chi connectivity index (χ0v) is 16.8. The fraction of sp³-hybridized carbons (Fsp3) is 0.421. The fourth-order valence-electron chi connectivity index (χ4n) is 2.33. The van der Waals surface area contributed by atoms with Crippen LogP contribution in [0.15, 0.2) is 18.2 Å². The monoisotopic (exact) mass is 392 g/mol. The number of hydrogen-bond donors (Lipinski definition) is 1. The fourth-order valence-corrected chi connectivity index (χ4v) is 3.29. The molecule has 0 aliphatic carbocycles. The molecule has 0 bridgehead atoms. The van der Waals surface area contributed by atoms with Gasteiger partial charge in [-0.25, -0.2) is 9.78 Å². The molecular formula is C19H24N2O5S. The number of nitrogens with zero attached hydrogens (tertiary/aromatic N) is 1. The summed E-state index contributed by atoms with van der Waals surface area (Å²) in [4.78, 5) is 28.8. The molecular weight excluding hydrogens is 368 g/mol. The molecule has 146 valence electrons. The summed E-state index contributed by atoms with van der Waals surface area (Å²) in [6, 6.07) is 5.42. The second-order valence-electron chi connectivity index (χ2n) is 5.78. The van der Waals surface area contributed by atoms with Crippen molar-refractivity contribution in [3.05, 3.63) is 28.8 Å². The number of nitrogens with one attached hydrogen (secondary N) is 1. The molecule has 27 heavy (non-hydrogen) atoms. The summed E-state index contributed by atoms with van der Waals surface area (Å²) in [6.45, 7) is 4.05. The molecule has 1 amide bonds. The zero-order chi connectivity index (χ0) is 19.8. The van der Waals surface area contributed by atoms with Gasteiger partial charge in [0.25, 0.3) is 5.91 Å². The van der Waals surface area contributed by atoms with Gasteiger partial charge >= 0.3 is 5.97 Å². The maximum atomic E-state index is 12.3. The van der Waals surface area contributed by atoms with Crippen LogP contribution in [0.5, 0.6) is 11.5 Å². The molecule has 7 nitrogen and oxygen atoms in total. The van der Waals surface area contributed by atoms with E-state index in [1.807, 2.05) is 13.0 Å². The Hall–Kier alpha value is -2.61. The Balaban J connectivity index is 2.07. The highest BCUT2D eigenvalue weighted by Crippen LogP contribution is 2.35. The van der Waals surface area contributed by atoms with Crippen molar-refractivity contribution in [3.63, 3.8) is 0 Å². The molecule has 0 radical (unpaired) electrons. The molecule has 0 saturated heterocycles. The number of rotatable bonds is 9. The van der Waals surface area contributed by atoms with E-state index in [4.69, 9.17) is 14.2 Å². The van der Waals surface area contributed by atoms with Gasteiger partial charge in [-0.15, -0.1) is 11.3 Å². The summed E-state index contributed by atoms with van der Waals surface area (Å²) in [7, 11) is 3.13. The van der Waals surface area contributed by atoms with E-state index in [2.05, 4.69) is 10.3 Å². The molecule has 1 heterocycles. The average molecular weight is 392 g/mol. The van der Waals surface area contributed by atoms with E-state index in [0.717, 1.165) is 18.4 Å². The highest BCUT2D eigenvalue weighted by atomic mass is 32.1. The molecule has 1 N–H and O–H groups in total. The summed E-state index contributed by atoms with van der Waals surface area (Å²) < 4.78 is 15.6. The van der Waals surface area contributed by atoms with E-state index < -0.39 is 5.97 Å². The van der Waals surface area contributed by atoms with Crippen molar-refractivity contribution in [3.8, 4) is 22.1 Å². The smallest absolute Gasteiger partial charge is 0.350 e. The van der Waals surface area contributed by atoms with Crippen LogP contribution in [0.4, 0.5) is 0 Å². The molecule has 1 aromatic carbocycles. The third-order valence-electron chi connectivity index (χ3n) is 3.80. The Morgan fingerprint density at radius 1 is 1.19 bits per heavy atom. The Kier molecular flexibility index (Phi) is 7.60. The number of carbonyl (C=O) groups is 2. The second-order valence-corrected chi connectivity index (χ2v) is 6.78. The first-order chi connectivity index (χ1) is 13.0. The minimum atomic E-state index is -0.553. The van der Waals surface area contributed by atoms with Crippen LogP contribution >= 0.6 is 11.3 Å². The zero-order valence-electron chi connectivity index (χ0n) is 16.0. The Morgan fingerprint density at radius 2 is 1.93 bits per heavy atom. The Bertz CT molecular complexity index is 803. The van der Waals surface area contributed by atoms with Crippen molar-refractivity contribution in [2.45, 2.75) is 26.7 Å². The number of thiazole rings is 1. The molecule has 0 spiro atoms. The molecule has 0 aliphatic heterocycles. The third kappa shape index (κ3) is 5.43. The Morgan fingerprint density at radius 3 is 2.59 bits per heavy atom. The maximum Gasteiger partial charge on any atom is 0.350 e. The van der Waals surface area contributed by atoms with Crippen LogP contribution in [-0.4, -0.2) is 44.2 Å². The lowest BCUT2D eigenvalue weighted by atomic mass is 10.2. The van der Waals surface area contributed by atoms with Gasteiger partial charge in [0.05, 0.1) is 19.9 Å². The highest BCUT2D eigenvalue weighted by molar-refractivity contribution is 7.17. The van der Waals surface area contributed by atoms with Crippen LogP contribution in [0.1, 0.15) is 35.1 Å². The second kappa shape index (κ2) is 9.91. The molecule has 0 aliphatic rings. The summed E-state index contributed by atoms with van der Waals surface area (Å²) >= 11 is 1.21. The van der Waals surface area contributed by atoms with Crippen LogP contribution in [0.2, 0.25) is 0 Å². The summed E-state index contributed by atoms with van der Waals surface area (Å²) in [5.74, 6) is 0.334. The number of benzene rings is 1. The van der Waals surface area contributed by atoms with Crippen molar-refractivity contribution in [1.82, 2.24) is 10.3 Å². The predicted molar refractivity (Wildman–Crippen MR) is 104 cm³/mol. The van der Waals surface area contributed by atoms with Gasteiger partial charge in [-0.1, -0.05) is 13.3 Å². The standard InChI is InChI=1S/C19H24N2O5S/c1-5-6-9-20-16(22)11-26-19(23)17-12(2)21-18(27-17)13-7-8-14(24-3)15(10-13)25-4/h7-8,10H,5-6,9,11H2,1-4H3,(H,20,22). The number of methoxy groups -OCH3 is 2. The van der Waals surface area contributed by atoms with Crippen LogP contribution in [0, 0.1) is 6.92 Å². The normalized spacial score (nSPS) is 10.4. The quantitative estimate of drug-likeness (QED) is 0.521. The molecule has 8 heteroatoms. The van der Waals surface area contributed by atoms with Crippen LogP contribution < -0.4 is 14.8 Å². The van der Waals surface area contributed by atoms with Gasteiger partial charge in [0.15, 0.2) is 18.1 Å². The van der Waals surface area contributed by atoms with Crippen molar-refractivity contribution in [2.75, 3.05) is 27.4 Å². The SMILES string of the molecule is CCCCNC(=O)COC(=O)c1sc(-c2ccc(OC)c(OC)c2)nc1C. The lowest BCUT2D eigenvalue weighted by molar-refractivity contribution is -0.124. The van der Waals surface area contributed by atoms with Gasteiger partial charge in [0.1, 0.15) is 9.88 Å². The Labute approximate surface area is 162 Å². The lowest BCUT2D eigenvalue weighted by Gasteiger charge is -2.08. The predicted octanol–water partition coefficient (Wildman–Crippen LogP) is 3.21. The highest BCUT2D eigenvalue weighted by Gasteiger charge is 2.19. The molecule has 0 fully saturated rings. The van der Waals surface area contributed by atoms with E-state index in [1.54, 1.807) is 33.3 Å². The number of unbranched alkanes of at least 4 members (excludes halogenated alkanes) is 1. The number of aromatic nitrogens is 1. The average Bonchev–Trinajstić information content (AvgIpc) is 3.07. The number of amides is 1. The van der Waals surface area contributed by atoms with Gasteiger partial charge in [-0.05, 0) is 31.5 Å². The maximum absolute atomic E-state index is 12.3. The first-order valence-corrected chi connectivity index (χ1v) is 9.45. The number of esters is 1. The van der Waals surface area contributed by atoms with Crippen molar-refractivity contribution in [2.24, 2.45) is 0 Å². The van der Waals surface area contributed by atoms with Crippen molar-refractivity contribution >= 4 is 23.2 Å².